The molecule has 0 saturated carbocycles. The standard InChI is InChI=1S/C19H18N6/c1-2-5-14(6-3-1)25-17-8-4-7-15(17)16(22-25)13-21-18-9-10-19-20-11-12-24(19)23-18/h1-3,5-6,9-12H,4,7-8,13H2,(H,21,23). The predicted octanol–water partition coefficient (Wildman–Crippen LogP) is 3.02. The molecule has 0 spiro atoms. The van der Waals surface area contributed by atoms with E-state index in [1.165, 1.54) is 17.7 Å². The van der Waals surface area contributed by atoms with Crippen molar-refractivity contribution in [3.05, 3.63) is 71.8 Å². The molecule has 0 fully saturated rings. The van der Waals surface area contributed by atoms with Crippen molar-refractivity contribution in [2.75, 3.05) is 5.32 Å². The highest BCUT2D eigenvalue weighted by atomic mass is 15.3. The van der Waals surface area contributed by atoms with Gasteiger partial charge in [0.25, 0.3) is 0 Å². The monoisotopic (exact) mass is 330 g/mol. The zero-order chi connectivity index (χ0) is 16.6. The van der Waals surface area contributed by atoms with E-state index in [9.17, 15) is 0 Å². The van der Waals surface area contributed by atoms with Crippen LogP contribution in [0.1, 0.15) is 23.4 Å². The fourth-order valence-corrected chi connectivity index (χ4v) is 3.52. The normalized spacial score (nSPS) is 13.3. The molecule has 1 aliphatic carbocycles. The van der Waals surface area contributed by atoms with Crippen LogP contribution < -0.4 is 5.32 Å². The minimum absolute atomic E-state index is 0.676. The minimum atomic E-state index is 0.676. The molecule has 0 unspecified atom stereocenters. The molecule has 0 saturated heterocycles. The molecule has 0 atom stereocenters. The third-order valence-corrected chi connectivity index (χ3v) is 4.71. The van der Waals surface area contributed by atoms with Crippen LogP contribution in [0.15, 0.2) is 54.9 Å². The second-order valence-electron chi connectivity index (χ2n) is 6.27. The molecule has 0 bridgehead atoms. The lowest BCUT2D eigenvalue weighted by Crippen LogP contribution is -2.06. The fraction of sp³-hybridized carbons (Fsp3) is 0.211. The van der Waals surface area contributed by atoms with E-state index in [0.717, 1.165) is 35.7 Å². The highest BCUT2D eigenvalue weighted by Crippen LogP contribution is 2.28. The first-order valence-electron chi connectivity index (χ1n) is 8.58. The van der Waals surface area contributed by atoms with Crippen molar-refractivity contribution in [2.45, 2.75) is 25.8 Å². The second kappa shape index (κ2) is 5.73. The Morgan fingerprint density at radius 2 is 1.92 bits per heavy atom. The van der Waals surface area contributed by atoms with E-state index in [0.29, 0.717) is 6.54 Å². The van der Waals surface area contributed by atoms with Crippen molar-refractivity contribution >= 4 is 11.5 Å². The summed E-state index contributed by atoms with van der Waals surface area (Å²) in [7, 11) is 0. The van der Waals surface area contributed by atoms with Crippen LogP contribution in [0, 0.1) is 0 Å². The number of imidazole rings is 1. The van der Waals surface area contributed by atoms with Gasteiger partial charge < -0.3 is 5.32 Å². The first-order valence-corrected chi connectivity index (χ1v) is 8.58. The van der Waals surface area contributed by atoms with Crippen LogP contribution in [0.3, 0.4) is 0 Å². The number of hydrogen-bond acceptors (Lipinski definition) is 4. The van der Waals surface area contributed by atoms with Gasteiger partial charge in [0, 0.05) is 18.1 Å². The van der Waals surface area contributed by atoms with Gasteiger partial charge in [-0.2, -0.15) is 5.10 Å². The summed E-state index contributed by atoms with van der Waals surface area (Å²) in [6, 6.07) is 14.3. The molecule has 1 aromatic carbocycles. The molecule has 124 valence electrons. The smallest absolute Gasteiger partial charge is 0.153 e. The van der Waals surface area contributed by atoms with Crippen LogP contribution in [0.4, 0.5) is 5.82 Å². The van der Waals surface area contributed by atoms with Crippen molar-refractivity contribution in [2.24, 2.45) is 0 Å². The average molecular weight is 330 g/mol. The molecule has 0 amide bonds. The van der Waals surface area contributed by atoms with E-state index < -0.39 is 0 Å². The molecule has 0 radical (unpaired) electrons. The number of aromatic nitrogens is 5. The molecule has 25 heavy (non-hydrogen) atoms. The number of anilines is 1. The van der Waals surface area contributed by atoms with Crippen LogP contribution in [-0.2, 0) is 19.4 Å². The third kappa shape index (κ3) is 2.46. The first kappa shape index (κ1) is 14.2. The van der Waals surface area contributed by atoms with Crippen LogP contribution in [0.5, 0.6) is 0 Å². The maximum Gasteiger partial charge on any atom is 0.153 e. The zero-order valence-electron chi connectivity index (χ0n) is 13.8. The second-order valence-corrected chi connectivity index (χ2v) is 6.27. The van der Waals surface area contributed by atoms with Gasteiger partial charge in [0.15, 0.2) is 5.65 Å². The molecule has 6 heteroatoms. The Bertz CT molecular complexity index is 1030. The van der Waals surface area contributed by atoms with Crippen LogP contribution in [0.25, 0.3) is 11.3 Å². The lowest BCUT2D eigenvalue weighted by Gasteiger charge is -2.06. The number of nitrogens with zero attached hydrogens (tertiary/aromatic N) is 5. The molecule has 0 aliphatic heterocycles. The molecule has 3 heterocycles. The number of rotatable bonds is 4. The molecule has 1 aliphatic rings. The largest absolute Gasteiger partial charge is 0.363 e. The van der Waals surface area contributed by atoms with Crippen molar-refractivity contribution in [1.82, 2.24) is 24.4 Å². The summed E-state index contributed by atoms with van der Waals surface area (Å²) in [5.41, 5.74) is 5.83. The van der Waals surface area contributed by atoms with Crippen molar-refractivity contribution < 1.29 is 0 Å². The quantitative estimate of drug-likeness (QED) is 0.625. The first-order chi connectivity index (χ1) is 12.4. The van der Waals surface area contributed by atoms with Crippen LogP contribution in [0.2, 0.25) is 0 Å². The highest BCUT2D eigenvalue weighted by molar-refractivity contribution is 5.45. The van der Waals surface area contributed by atoms with Gasteiger partial charge >= 0.3 is 0 Å². The van der Waals surface area contributed by atoms with Crippen LogP contribution >= 0.6 is 0 Å². The van der Waals surface area contributed by atoms with E-state index in [1.54, 1.807) is 10.7 Å². The number of hydrogen-bond donors (Lipinski definition) is 1. The molecule has 1 N–H and O–H groups in total. The predicted molar refractivity (Wildman–Crippen MR) is 95.9 cm³/mol. The van der Waals surface area contributed by atoms with Gasteiger partial charge in [0.2, 0.25) is 0 Å². The Labute approximate surface area is 145 Å². The number of nitrogens with one attached hydrogen (secondary N) is 1. The van der Waals surface area contributed by atoms with Gasteiger partial charge in [-0.1, -0.05) is 18.2 Å². The van der Waals surface area contributed by atoms with Crippen molar-refractivity contribution in [3.8, 4) is 5.69 Å². The van der Waals surface area contributed by atoms with Gasteiger partial charge in [0.1, 0.15) is 5.82 Å². The summed E-state index contributed by atoms with van der Waals surface area (Å²) >= 11 is 0. The Kier molecular flexibility index (Phi) is 3.26. The molecule has 4 aromatic rings. The van der Waals surface area contributed by atoms with Gasteiger partial charge in [-0.05, 0) is 49.1 Å². The van der Waals surface area contributed by atoms with Crippen molar-refractivity contribution in [1.29, 1.82) is 0 Å². The lowest BCUT2D eigenvalue weighted by atomic mass is 10.2. The van der Waals surface area contributed by atoms with E-state index in [1.807, 2.05) is 24.4 Å². The summed E-state index contributed by atoms with van der Waals surface area (Å²) in [4.78, 5) is 4.22. The third-order valence-electron chi connectivity index (χ3n) is 4.71. The van der Waals surface area contributed by atoms with Gasteiger partial charge in [-0.3, -0.25) is 0 Å². The van der Waals surface area contributed by atoms with E-state index in [-0.39, 0.29) is 0 Å². The molecule has 6 nitrogen and oxygen atoms in total. The maximum atomic E-state index is 4.88. The Morgan fingerprint density at radius 3 is 2.84 bits per heavy atom. The highest BCUT2D eigenvalue weighted by Gasteiger charge is 2.22. The van der Waals surface area contributed by atoms with Gasteiger partial charge in [0.05, 0.1) is 17.9 Å². The Balaban J connectivity index is 1.44. The molecular weight excluding hydrogens is 312 g/mol. The SMILES string of the molecule is c1ccc(-n2nc(CNc3ccc4nccn4n3)c3c2CCC3)cc1. The van der Waals surface area contributed by atoms with Crippen LogP contribution in [-0.4, -0.2) is 24.4 Å². The van der Waals surface area contributed by atoms with Gasteiger partial charge in [-0.15, -0.1) is 5.10 Å². The maximum absolute atomic E-state index is 4.88. The van der Waals surface area contributed by atoms with Crippen molar-refractivity contribution in [3.63, 3.8) is 0 Å². The summed E-state index contributed by atoms with van der Waals surface area (Å²) < 4.78 is 3.88. The van der Waals surface area contributed by atoms with E-state index >= 15 is 0 Å². The summed E-state index contributed by atoms with van der Waals surface area (Å²) in [5.74, 6) is 0.825. The summed E-state index contributed by atoms with van der Waals surface area (Å²) in [6.07, 6.45) is 7.00. The summed E-state index contributed by atoms with van der Waals surface area (Å²) in [6.45, 7) is 0.676. The number of fused-ring (bicyclic) bond motifs is 2. The van der Waals surface area contributed by atoms with E-state index in [4.69, 9.17) is 5.10 Å². The zero-order valence-corrected chi connectivity index (χ0v) is 13.8. The Morgan fingerprint density at radius 1 is 1.00 bits per heavy atom. The van der Waals surface area contributed by atoms with E-state index in [2.05, 4.69) is 44.3 Å². The number of para-hydroxylation sites is 1. The molecule has 3 aromatic heterocycles. The summed E-state index contributed by atoms with van der Waals surface area (Å²) in [5, 5.41) is 12.8. The lowest BCUT2D eigenvalue weighted by molar-refractivity contribution is 0.762. The van der Waals surface area contributed by atoms with Gasteiger partial charge in [-0.25, -0.2) is 14.2 Å². The topological polar surface area (TPSA) is 60.0 Å². The Hall–Kier alpha value is -3.15. The number of benzene rings is 1. The minimum Gasteiger partial charge on any atom is -0.363 e. The molecular formula is C19H18N6. The fourth-order valence-electron chi connectivity index (χ4n) is 3.52. The average Bonchev–Trinajstić information content (AvgIpc) is 3.37. The molecule has 5 rings (SSSR count).